The number of hydrogen-bond acceptors (Lipinski definition) is 4. The van der Waals surface area contributed by atoms with Gasteiger partial charge >= 0.3 is 0 Å². The second kappa shape index (κ2) is 16.9. The van der Waals surface area contributed by atoms with Crippen LogP contribution in [0.1, 0.15) is 138 Å². The van der Waals surface area contributed by atoms with E-state index in [0.717, 1.165) is 67.1 Å². The molecule has 0 atom stereocenters. The third kappa shape index (κ3) is 8.76. The number of aromatic nitrogens is 4. The molecule has 0 amide bonds. The van der Waals surface area contributed by atoms with Crippen molar-refractivity contribution >= 4 is 58.4 Å². The predicted molar refractivity (Wildman–Crippen MR) is 286 cm³/mol. The predicted octanol–water partition coefficient (Wildman–Crippen LogP) is 15.9. The van der Waals surface area contributed by atoms with Crippen LogP contribution in [0.4, 0.5) is 0 Å². The topological polar surface area (TPSA) is 91.5 Å². The maximum atomic E-state index is 14.0. The van der Waals surface area contributed by atoms with Gasteiger partial charge in [0.2, 0.25) is 5.78 Å². The Hall–Kier alpha value is -7.18. The number of rotatable bonds is 6. The molecular weight excluding hydrogens is 833 g/mol. The molecule has 0 saturated heterocycles. The van der Waals surface area contributed by atoms with Crippen LogP contribution in [-0.4, -0.2) is 32.0 Å². The maximum absolute atomic E-state index is 14.0. The van der Waals surface area contributed by atoms with Gasteiger partial charge in [0.05, 0.1) is 33.9 Å². The molecule has 342 valence electrons. The molecule has 2 N–H and O–H groups in total. The van der Waals surface area contributed by atoms with E-state index in [1.54, 1.807) is 0 Å². The summed E-state index contributed by atoms with van der Waals surface area (Å²) in [5.41, 5.74) is 18.0. The van der Waals surface area contributed by atoms with Gasteiger partial charge in [0.15, 0.2) is 6.29 Å². The molecule has 3 aromatic heterocycles. The molecule has 9 rings (SSSR count). The van der Waals surface area contributed by atoms with Gasteiger partial charge in [-0.05, 0) is 109 Å². The van der Waals surface area contributed by atoms with Crippen molar-refractivity contribution in [2.75, 3.05) is 0 Å². The summed E-state index contributed by atoms with van der Waals surface area (Å²) in [7, 11) is 0. The van der Waals surface area contributed by atoms with Crippen LogP contribution in [0.5, 0.6) is 0 Å². The van der Waals surface area contributed by atoms with Crippen molar-refractivity contribution in [2.24, 2.45) is 0 Å². The number of aromatic amines is 2. The first-order valence-corrected chi connectivity index (χ1v) is 23.7. The quantitative estimate of drug-likeness (QED) is 0.0988. The lowest BCUT2D eigenvalue weighted by molar-refractivity contribution is -0.104. The molecule has 0 fully saturated rings. The fourth-order valence-corrected chi connectivity index (χ4v) is 9.30. The Balaban J connectivity index is 1.48. The second-order valence-electron chi connectivity index (χ2n) is 22.5. The smallest absolute Gasteiger partial charge is 0.227 e. The Morgan fingerprint density at radius 2 is 0.691 bits per heavy atom. The van der Waals surface area contributed by atoms with Gasteiger partial charge in [-0.15, -0.1) is 0 Å². The zero-order chi connectivity index (χ0) is 48.5. The minimum atomic E-state index is -0.631. The van der Waals surface area contributed by atoms with Gasteiger partial charge in [0.1, 0.15) is 0 Å². The molecule has 68 heavy (non-hydrogen) atoms. The Bertz CT molecular complexity index is 3350. The maximum Gasteiger partial charge on any atom is 0.227 e. The third-order valence-corrected chi connectivity index (χ3v) is 13.4. The molecule has 0 unspecified atom stereocenters. The molecule has 0 radical (unpaired) electrons. The highest BCUT2D eigenvalue weighted by Gasteiger charge is 2.25. The largest absolute Gasteiger partial charge is 0.354 e. The number of H-pyrrole nitrogens is 2. The van der Waals surface area contributed by atoms with Gasteiger partial charge in [-0.3, -0.25) is 9.59 Å². The van der Waals surface area contributed by atoms with E-state index in [9.17, 15) is 9.59 Å². The Morgan fingerprint density at radius 1 is 0.397 bits per heavy atom. The Labute approximate surface area is 401 Å². The molecule has 5 heterocycles. The minimum Gasteiger partial charge on any atom is -0.354 e. The average Bonchev–Trinajstić information content (AvgIpc) is 4.13. The van der Waals surface area contributed by atoms with Crippen molar-refractivity contribution in [3.63, 3.8) is 0 Å². The number of carbonyl (C=O) groups is 2. The number of Topliss-reactive ketones (excluding diaryl/α,β-unsaturated/α-hetero) is 1. The van der Waals surface area contributed by atoms with Crippen LogP contribution >= 0.6 is 0 Å². The summed E-state index contributed by atoms with van der Waals surface area (Å²) in [6.07, 6.45) is 8.63. The van der Waals surface area contributed by atoms with Gasteiger partial charge < -0.3 is 9.97 Å². The molecule has 2 aliphatic heterocycles. The summed E-state index contributed by atoms with van der Waals surface area (Å²) in [5.74, 6) is -0.631. The summed E-state index contributed by atoms with van der Waals surface area (Å²) < 4.78 is 0. The summed E-state index contributed by atoms with van der Waals surface area (Å²) in [6.45, 7) is 26.6. The zero-order valence-corrected chi connectivity index (χ0v) is 41.6. The molecule has 2 aliphatic rings. The fraction of sp³-hybridized carbons (Fsp3) is 0.258. The molecular formula is C62H62N4O2. The van der Waals surface area contributed by atoms with Crippen molar-refractivity contribution < 1.29 is 9.59 Å². The summed E-state index contributed by atoms with van der Waals surface area (Å²) in [4.78, 5) is 45.3. The van der Waals surface area contributed by atoms with Crippen molar-refractivity contribution in [1.29, 1.82) is 0 Å². The van der Waals surface area contributed by atoms with E-state index in [2.05, 4.69) is 220 Å². The first-order valence-electron chi connectivity index (χ1n) is 23.7. The summed E-state index contributed by atoms with van der Waals surface area (Å²) in [6, 6.07) is 40.8. The third-order valence-electron chi connectivity index (χ3n) is 13.4. The summed E-state index contributed by atoms with van der Waals surface area (Å²) in [5, 5.41) is 0. The number of hydrogen-bond donors (Lipinski definition) is 2. The van der Waals surface area contributed by atoms with E-state index in [4.69, 9.17) is 9.97 Å². The van der Waals surface area contributed by atoms with E-state index in [0.29, 0.717) is 28.6 Å². The van der Waals surface area contributed by atoms with Gasteiger partial charge in [-0.1, -0.05) is 180 Å². The lowest BCUT2D eigenvalue weighted by Gasteiger charge is -2.19. The molecule has 0 aliphatic carbocycles. The number of nitrogens with zero attached hydrogens (tertiary/aromatic N) is 2. The molecule has 6 heteroatoms. The minimum absolute atomic E-state index is 0.0225. The Morgan fingerprint density at radius 3 is 1.00 bits per heavy atom. The first-order chi connectivity index (χ1) is 32.1. The molecule has 7 aromatic rings. The van der Waals surface area contributed by atoms with Crippen LogP contribution in [0.3, 0.4) is 0 Å². The fourth-order valence-electron chi connectivity index (χ4n) is 9.30. The SMILES string of the molecule is CC(C)(C)c1ccc(-c2c3nc(c(-c4ccc(C(C)(C)C)cc4)c4cc(C(=O)C=O)c([nH]4)c(-c4ccc(C(C)(C)C)cc4)c4nc(c(-c5ccc(C(C)(C)C)cc5)c5ccc2[nH]5)C=C4)C=C3)cc1. The number of nitrogens with one attached hydrogen (secondary N) is 2. The molecule has 8 bridgehead atoms. The monoisotopic (exact) mass is 894 g/mol. The van der Waals surface area contributed by atoms with Crippen molar-refractivity contribution in [2.45, 2.75) is 105 Å². The van der Waals surface area contributed by atoms with Crippen LogP contribution in [0.15, 0.2) is 115 Å². The second-order valence-corrected chi connectivity index (χ2v) is 22.5. The summed E-state index contributed by atoms with van der Waals surface area (Å²) >= 11 is 0. The van der Waals surface area contributed by atoms with E-state index < -0.39 is 5.78 Å². The van der Waals surface area contributed by atoms with Gasteiger partial charge in [0, 0.05) is 38.8 Å². The first kappa shape index (κ1) is 46.0. The lowest BCUT2D eigenvalue weighted by atomic mass is 9.86. The molecule has 6 nitrogen and oxygen atoms in total. The highest BCUT2D eigenvalue weighted by atomic mass is 16.2. The normalized spacial score (nSPS) is 13.0. The highest BCUT2D eigenvalue weighted by molar-refractivity contribution is 6.36. The van der Waals surface area contributed by atoms with Crippen LogP contribution < -0.4 is 0 Å². The Kier molecular flexibility index (Phi) is 11.4. The van der Waals surface area contributed by atoms with Gasteiger partial charge in [0.25, 0.3) is 0 Å². The number of benzene rings is 4. The number of ketones is 1. The van der Waals surface area contributed by atoms with E-state index in [1.807, 2.05) is 12.1 Å². The molecule has 4 aromatic carbocycles. The zero-order valence-electron chi connectivity index (χ0n) is 41.6. The van der Waals surface area contributed by atoms with Crippen LogP contribution in [0.25, 0.3) is 90.9 Å². The van der Waals surface area contributed by atoms with E-state index >= 15 is 0 Å². The number of aldehydes is 1. The highest BCUT2D eigenvalue weighted by Crippen LogP contribution is 2.41. The van der Waals surface area contributed by atoms with Gasteiger partial charge in [-0.2, -0.15) is 0 Å². The van der Waals surface area contributed by atoms with Crippen molar-refractivity contribution in [1.82, 2.24) is 19.9 Å². The molecule has 0 spiro atoms. The molecule has 0 saturated carbocycles. The standard InChI is InChI=1S/C62H62N4O2/c1-59(2,3)41-21-13-37(14-22-41)54-46-29-30-47(63-46)55(38-15-23-42(24-16-38)60(4,5)6)49-33-34-51(65-49)57(40-19-27-44(28-20-40)62(10,11)12)58-45(53(68)36-67)35-52(66-58)56(50-32-31-48(54)64-50)39-17-25-43(26-18-39)61(7,8)9/h13-36,63,66H,1-12H3. The van der Waals surface area contributed by atoms with E-state index in [1.165, 1.54) is 22.3 Å². The average molecular weight is 895 g/mol. The number of fused-ring (bicyclic) bond motifs is 8. The van der Waals surface area contributed by atoms with Crippen LogP contribution in [0.2, 0.25) is 0 Å². The van der Waals surface area contributed by atoms with Crippen molar-refractivity contribution in [3.05, 3.63) is 166 Å². The number of carbonyl (C=O) groups excluding carboxylic acids is 2. The van der Waals surface area contributed by atoms with Crippen molar-refractivity contribution in [3.8, 4) is 44.5 Å². The van der Waals surface area contributed by atoms with Gasteiger partial charge in [-0.25, -0.2) is 9.97 Å². The lowest BCUT2D eigenvalue weighted by Crippen LogP contribution is -2.10. The van der Waals surface area contributed by atoms with E-state index in [-0.39, 0.29) is 27.2 Å². The van der Waals surface area contributed by atoms with Crippen LogP contribution in [-0.2, 0) is 26.5 Å². The van der Waals surface area contributed by atoms with Crippen LogP contribution in [0, 0.1) is 0 Å².